The topological polar surface area (TPSA) is 78.9 Å². The van der Waals surface area contributed by atoms with Gasteiger partial charge in [-0.2, -0.15) is 4.31 Å². The molecule has 0 unspecified atom stereocenters. The second kappa shape index (κ2) is 10.1. The first-order chi connectivity index (χ1) is 16.4. The van der Waals surface area contributed by atoms with E-state index in [-0.39, 0.29) is 0 Å². The van der Waals surface area contributed by atoms with Crippen molar-refractivity contribution in [2.75, 3.05) is 69.9 Å². The number of thiophene rings is 1. The lowest BCUT2D eigenvalue weighted by molar-refractivity contribution is 0.122. The molecule has 1 aromatic carbocycles. The van der Waals surface area contributed by atoms with Crippen molar-refractivity contribution in [3.63, 3.8) is 0 Å². The van der Waals surface area contributed by atoms with Crippen molar-refractivity contribution in [2.45, 2.75) is 11.4 Å². The zero-order valence-corrected chi connectivity index (χ0v) is 21.9. The van der Waals surface area contributed by atoms with E-state index in [4.69, 9.17) is 14.7 Å². The van der Waals surface area contributed by atoms with Crippen LogP contribution in [0.3, 0.4) is 0 Å². The number of fused-ring (bicyclic) bond motifs is 1. The maximum atomic E-state index is 11.8. The Morgan fingerprint density at radius 1 is 1.03 bits per heavy atom. The fourth-order valence-electron chi connectivity index (χ4n) is 4.34. The first-order valence-electron chi connectivity index (χ1n) is 11.4. The number of rotatable bonds is 6. The Morgan fingerprint density at radius 2 is 1.74 bits per heavy atom. The van der Waals surface area contributed by atoms with E-state index < -0.39 is 10.0 Å². The van der Waals surface area contributed by atoms with E-state index in [9.17, 15) is 8.42 Å². The van der Waals surface area contributed by atoms with Crippen molar-refractivity contribution in [2.24, 2.45) is 0 Å². The summed E-state index contributed by atoms with van der Waals surface area (Å²) < 4.78 is 31.9. The van der Waals surface area contributed by atoms with E-state index in [1.54, 1.807) is 27.4 Å². The van der Waals surface area contributed by atoms with Gasteiger partial charge in [0.2, 0.25) is 10.0 Å². The van der Waals surface area contributed by atoms with Crippen LogP contribution in [0.5, 0.6) is 0 Å². The number of aromatic nitrogens is 2. The molecule has 0 spiro atoms. The lowest BCUT2D eigenvalue weighted by atomic mass is 10.2. The molecule has 182 valence electrons. The van der Waals surface area contributed by atoms with E-state index in [0.29, 0.717) is 26.3 Å². The Morgan fingerprint density at radius 3 is 2.38 bits per heavy atom. The Hall–Kier alpha value is -1.76. The van der Waals surface area contributed by atoms with Gasteiger partial charge in [-0.15, -0.1) is 23.1 Å². The first-order valence-corrected chi connectivity index (χ1v) is 15.2. The van der Waals surface area contributed by atoms with E-state index in [1.807, 2.05) is 0 Å². The molecule has 3 aromatic rings. The molecule has 2 aliphatic rings. The van der Waals surface area contributed by atoms with Gasteiger partial charge in [0.05, 0.1) is 29.7 Å². The lowest BCUT2D eigenvalue weighted by Gasteiger charge is -2.32. The normalized spacial score (nSPS) is 18.6. The van der Waals surface area contributed by atoms with Crippen LogP contribution < -0.4 is 4.90 Å². The SMILES string of the molecule is CSc1ccc(-c2nc(N3CCOCC3)c3sc(CN4CCN(S(C)(=O)=O)CC4)cc3n2)cc1. The molecular weight excluding hydrogens is 490 g/mol. The predicted molar refractivity (Wildman–Crippen MR) is 139 cm³/mol. The average molecular weight is 520 g/mol. The highest BCUT2D eigenvalue weighted by Crippen LogP contribution is 2.35. The van der Waals surface area contributed by atoms with Crippen molar-refractivity contribution in [3.8, 4) is 11.4 Å². The molecule has 2 aromatic heterocycles. The second-order valence-corrected chi connectivity index (χ2v) is 12.6. The largest absolute Gasteiger partial charge is 0.378 e. The van der Waals surface area contributed by atoms with Crippen LogP contribution in [0.2, 0.25) is 0 Å². The summed E-state index contributed by atoms with van der Waals surface area (Å²) in [6, 6.07) is 10.6. The van der Waals surface area contributed by atoms with Crippen molar-refractivity contribution in [3.05, 3.63) is 35.2 Å². The third-order valence-corrected chi connectivity index (χ3v) is 9.40. The predicted octanol–water partition coefficient (Wildman–Crippen LogP) is 2.99. The Kier molecular flexibility index (Phi) is 7.10. The number of anilines is 1. The molecule has 2 fully saturated rings. The van der Waals surface area contributed by atoms with E-state index >= 15 is 0 Å². The van der Waals surface area contributed by atoms with Crippen LogP contribution in [0.25, 0.3) is 21.6 Å². The van der Waals surface area contributed by atoms with Crippen molar-refractivity contribution in [1.82, 2.24) is 19.2 Å². The van der Waals surface area contributed by atoms with E-state index in [2.05, 4.69) is 46.4 Å². The minimum Gasteiger partial charge on any atom is -0.378 e. The zero-order chi connectivity index (χ0) is 23.7. The molecule has 2 saturated heterocycles. The maximum absolute atomic E-state index is 11.8. The van der Waals surface area contributed by atoms with Crippen molar-refractivity contribution < 1.29 is 13.2 Å². The number of ether oxygens (including phenoxy) is 1. The molecule has 34 heavy (non-hydrogen) atoms. The van der Waals surface area contributed by atoms with Crippen LogP contribution in [0, 0.1) is 0 Å². The number of nitrogens with zero attached hydrogens (tertiary/aromatic N) is 5. The summed E-state index contributed by atoms with van der Waals surface area (Å²) in [6.45, 7) is 6.37. The lowest BCUT2D eigenvalue weighted by Crippen LogP contribution is -2.47. The zero-order valence-electron chi connectivity index (χ0n) is 19.4. The molecule has 0 bridgehead atoms. The third kappa shape index (κ3) is 5.24. The Balaban J connectivity index is 1.44. The van der Waals surface area contributed by atoms with Gasteiger partial charge in [-0.25, -0.2) is 18.4 Å². The van der Waals surface area contributed by atoms with Gasteiger partial charge < -0.3 is 9.64 Å². The van der Waals surface area contributed by atoms with Gasteiger partial charge in [0, 0.05) is 61.1 Å². The van der Waals surface area contributed by atoms with Crippen LogP contribution in [-0.4, -0.2) is 92.6 Å². The number of benzene rings is 1. The molecule has 8 nitrogen and oxygen atoms in total. The number of hydrogen-bond acceptors (Lipinski definition) is 9. The fourth-order valence-corrected chi connectivity index (χ4v) is 6.73. The molecule has 2 aliphatic heterocycles. The summed E-state index contributed by atoms with van der Waals surface area (Å²) >= 11 is 3.46. The summed E-state index contributed by atoms with van der Waals surface area (Å²) in [6.07, 6.45) is 3.36. The monoisotopic (exact) mass is 519 g/mol. The summed E-state index contributed by atoms with van der Waals surface area (Å²) in [5.41, 5.74) is 1.98. The van der Waals surface area contributed by atoms with Gasteiger partial charge in [0.1, 0.15) is 0 Å². The van der Waals surface area contributed by atoms with Crippen LogP contribution in [0.15, 0.2) is 35.2 Å². The quantitative estimate of drug-likeness (QED) is 0.460. The third-order valence-electron chi connectivity index (χ3n) is 6.24. The molecule has 0 saturated carbocycles. The molecule has 4 heterocycles. The Labute approximate surface area is 209 Å². The van der Waals surface area contributed by atoms with E-state index in [1.165, 1.54) is 16.0 Å². The van der Waals surface area contributed by atoms with Gasteiger partial charge in [-0.05, 0) is 24.5 Å². The molecule has 0 atom stereocenters. The molecular formula is C23H29N5O3S3. The fraction of sp³-hybridized carbons (Fsp3) is 0.478. The van der Waals surface area contributed by atoms with Crippen LogP contribution in [-0.2, 0) is 21.3 Å². The Bertz CT molecular complexity index is 1250. The molecule has 11 heteroatoms. The summed E-state index contributed by atoms with van der Waals surface area (Å²) in [5, 5.41) is 0. The summed E-state index contributed by atoms with van der Waals surface area (Å²) in [7, 11) is -3.12. The van der Waals surface area contributed by atoms with Gasteiger partial charge in [-0.1, -0.05) is 12.1 Å². The van der Waals surface area contributed by atoms with Crippen molar-refractivity contribution >= 4 is 49.2 Å². The van der Waals surface area contributed by atoms with Gasteiger partial charge >= 0.3 is 0 Å². The van der Waals surface area contributed by atoms with Crippen LogP contribution in [0.1, 0.15) is 4.88 Å². The smallest absolute Gasteiger partial charge is 0.211 e. The molecule has 0 aliphatic carbocycles. The van der Waals surface area contributed by atoms with Crippen molar-refractivity contribution in [1.29, 1.82) is 0 Å². The number of morpholine rings is 1. The molecule has 5 rings (SSSR count). The highest BCUT2D eigenvalue weighted by molar-refractivity contribution is 7.98. The highest BCUT2D eigenvalue weighted by Gasteiger charge is 2.25. The summed E-state index contributed by atoms with van der Waals surface area (Å²) in [4.78, 5) is 17.0. The number of thioether (sulfide) groups is 1. The average Bonchev–Trinajstić information content (AvgIpc) is 3.26. The number of hydrogen-bond donors (Lipinski definition) is 0. The standard InChI is InChI=1S/C23H29N5O3S3/c1-32-18-5-3-17(4-6-18)22-24-20-15-19(16-26-7-9-28(10-8-26)34(2,29)30)33-21(20)23(25-22)27-11-13-31-14-12-27/h3-6,15H,7-14,16H2,1-2H3. The van der Waals surface area contributed by atoms with Crippen LogP contribution in [0.4, 0.5) is 5.82 Å². The number of sulfonamides is 1. The minimum absolute atomic E-state index is 0.540. The first kappa shape index (κ1) is 24.0. The van der Waals surface area contributed by atoms with Crippen LogP contribution >= 0.6 is 23.1 Å². The van der Waals surface area contributed by atoms with Gasteiger partial charge in [0.25, 0.3) is 0 Å². The van der Waals surface area contributed by atoms with Gasteiger partial charge in [0.15, 0.2) is 11.6 Å². The maximum Gasteiger partial charge on any atom is 0.211 e. The highest BCUT2D eigenvalue weighted by atomic mass is 32.2. The summed E-state index contributed by atoms with van der Waals surface area (Å²) in [5.74, 6) is 1.73. The molecule has 0 amide bonds. The number of piperazine rings is 1. The molecule has 0 radical (unpaired) electrons. The molecule has 0 N–H and O–H groups in total. The van der Waals surface area contributed by atoms with Gasteiger partial charge in [-0.3, -0.25) is 4.90 Å². The van der Waals surface area contributed by atoms with E-state index in [0.717, 1.165) is 60.1 Å². The minimum atomic E-state index is -3.12. The second-order valence-electron chi connectivity index (χ2n) is 8.56.